The molecule has 2 atom stereocenters. The molecule has 0 spiro atoms. The van der Waals surface area contributed by atoms with Crippen LogP contribution in [0.5, 0.6) is 0 Å². The number of likely N-dealkylation sites (tertiary alicyclic amines) is 1. The number of amides is 1. The third kappa shape index (κ3) is 2.93. The van der Waals surface area contributed by atoms with Gasteiger partial charge < -0.3 is 10.6 Å². The van der Waals surface area contributed by atoms with Crippen LogP contribution < -0.4 is 5.73 Å². The zero-order valence-corrected chi connectivity index (χ0v) is 11.6. The van der Waals surface area contributed by atoms with Gasteiger partial charge in [0.2, 0.25) is 5.91 Å². The van der Waals surface area contributed by atoms with Crippen LogP contribution in [-0.2, 0) is 4.79 Å². The predicted molar refractivity (Wildman–Crippen MR) is 74.5 cm³/mol. The normalized spacial score (nSPS) is 21.3. The first-order chi connectivity index (χ1) is 9.15. The van der Waals surface area contributed by atoms with Crippen LogP contribution in [0.2, 0.25) is 0 Å². The predicted octanol–water partition coefficient (Wildman–Crippen LogP) is 0.634. The minimum Gasteiger partial charge on any atom is -0.347 e. The van der Waals surface area contributed by atoms with E-state index in [2.05, 4.69) is 9.88 Å². The van der Waals surface area contributed by atoms with Crippen molar-refractivity contribution in [1.29, 1.82) is 0 Å². The van der Waals surface area contributed by atoms with Crippen LogP contribution in [0.1, 0.15) is 24.4 Å². The Hall–Kier alpha value is -1.46. The summed E-state index contributed by atoms with van der Waals surface area (Å²) in [5, 5.41) is 0. The molecule has 1 fully saturated rings. The lowest BCUT2D eigenvalue weighted by atomic mass is 10.1. The summed E-state index contributed by atoms with van der Waals surface area (Å²) in [5.74, 6) is 0.171. The van der Waals surface area contributed by atoms with E-state index < -0.39 is 0 Å². The summed E-state index contributed by atoms with van der Waals surface area (Å²) in [4.78, 5) is 20.2. The highest BCUT2D eigenvalue weighted by atomic mass is 16.2. The molecule has 19 heavy (non-hydrogen) atoms. The Morgan fingerprint density at radius 2 is 2.21 bits per heavy atom. The van der Waals surface area contributed by atoms with Crippen molar-refractivity contribution in [2.45, 2.75) is 24.9 Å². The summed E-state index contributed by atoms with van der Waals surface area (Å²) in [7, 11) is 3.62. The number of hydrogen-bond acceptors (Lipinski definition) is 4. The second-order valence-corrected chi connectivity index (χ2v) is 5.16. The van der Waals surface area contributed by atoms with Gasteiger partial charge in [0.15, 0.2) is 0 Å². The SMILES string of the molecule is CN(C)C(=O)C1CCCN1C(CN)c1ccncc1. The standard InChI is InChI=1S/C14H22N4O/c1-17(2)14(19)12-4-3-9-18(12)13(10-15)11-5-7-16-8-6-11/h5-8,12-13H,3-4,9-10,15H2,1-2H3. The number of rotatable bonds is 4. The Bertz CT molecular complexity index is 421. The highest BCUT2D eigenvalue weighted by molar-refractivity contribution is 5.81. The maximum absolute atomic E-state index is 12.2. The third-order valence-electron chi connectivity index (χ3n) is 3.73. The summed E-state index contributed by atoms with van der Waals surface area (Å²) in [6.45, 7) is 1.44. The Balaban J connectivity index is 2.20. The fourth-order valence-corrected chi connectivity index (χ4v) is 2.77. The Morgan fingerprint density at radius 1 is 1.53 bits per heavy atom. The van der Waals surface area contributed by atoms with Gasteiger partial charge in [-0.15, -0.1) is 0 Å². The molecule has 0 bridgehead atoms. The molecule has 1 amide bonds. The first kappa shape index (κ1) is 14.0. The lowest BCUT2D eigenvalue weighted by molar-refractivity contribution is -0.134. The summed E-state index contributed by atoms with van der Waals surface area (Å²) in [6, 6.07) is 4.01. The van der Waals surface area contributed by atoms with Crippen molar-refractivity contribution in [3.63, 3.8) is 0 Å². The zero-order valence-electron chi connectivity index (χ0n) is 11.6. The van der Waals surface area contributed by atoms with Gasteiger partial charge in [-0.25, -0.2) is 0 Å². The Labute approximate surface area is 114 Å². The molecule has 1 aliphatic rings. The van der Waals surface area contributed by atoms with Crippen LogP contribution >= 0.6 is 0 Å². The first-order valence-electron chi connectivity index (χ1n) is 6.72. The molecule has 2 heterocycles. The highest BCUT2D eigenvalue weighted by Crippen LogP contribution is 2.29. The molecular weight excluding hydrogens is 240 g/mol. The maximum atomic E-state index is 12.2. The van der Waals surface area contributed by atoms with E-state index in [4.69, 9.17) is 5.73 Å². The topological polar surface area (TPSA) is 62.5 Å². The molecule has 5 nitrogen and oxygen atoms in total. The molecule has 2 unspecified atom stereocenters. The van der Waals surface area contributed by atoms with E-state index in [1.165, 1.54) is 0 Å². The van der Waals surface area contributed by atoms with Gasteiger partial charge in [0.05, 0.1) is 6.04 Å². The van der Waals surface area contributed by atoms with Crippen molar-refractivity contribution in [3.05, 3.63) is 30.1 Å². The van der Waals surface area contributed by atoms with Crippen molar-refractivity contribution in [2.75, 3.05) is 27.2 Å². The zero-order chi connectivity index (χ0) is 13.8. The molecule has 0 aliphatic carbocycles. The van der Waals surface area contributed by atoms with Crippen LogP contribution in [0.3, 0.4) is 0 Å². The molecule has 0 saturated carbocycles. The second-order valence-electron chi connectivity index (χ2n) is 5.16. The number of nitrogens with zero attached hydrogens (tertiary/aromatic N) is 3. The molecule has 1 aromatic rings. The minimum atomic E-state index is -0.0447. The average Bonchev–Trinajstić information content (AvgIpc) is 2.89. The number of nitrogens with two attached hydrogens (primary N) is 1. The summed E-state index contributed by atoms with van der Waals surface area (Å²) >= 11 is 0. The smallest absolute Gasteiger partial charge is 0.239 e. The van der Waals surface area contributed by atoms with Gasteiger partial charge in [-0.05, 0) is 37.1 Å². The molecule has 2 N–H and O–H groups in total. The van der Waals surface area contributed by atoms with Crippen molar-refractivity contribution >= 4 is 5.91 Å². The number of likely N-dealkylation sites (N-methyl/N-ethyl adjacent to an activating group) is 1. The number of hydrogen-bond donors (Lipinski definition) is 1. The lowest BCUT2D eigenvalue weighted by Crippen LogP contribution is -2.46. The third-order valence-corrected chi connectivity index (χ3v) is 3.73. The molecule has 0 aromatic carbocycles. The Kier molecular flexibility index (Phi) is 4.50. The molecule has 1 aromatic heterocycles. The molecule has 1 saturated heterocycles. The second kappa shape index (κ2) is 6.12. The van der Waals surface area contributed by atoms with Gasteiger partial charge >= 0.3 is 0 Å². The molecule has 104 valence electrons. The van der Waals surface area contributed by atoms with E-state index in [1.54, 1.807) is 17.3 Å². The highest BCUT2D eigenvalue weighted by Gasteiger charge is 2.36. The largest absolute Gasteiger partial charge is 0.347 e. The lowest BCUT2D eigenvalue weighted by Gasteiger charge is -2.33. The first-order valence-corrected chi connectivity index (χ1v) is 6.72. The average molecular weight is 262 g/mol. The van der Waals surface area contributed by atoms with E-state index >= 15 is 0 Å². The molecule has 1 aliphatic heterocycles. The quantitative estimate of drug-likeness (QED) is 0.864. The van der Waals surface area contributed by atoms with Gasteiger partial charge in [-0.1, -0.05) is 0 Å². The van der Waals surface area contributed by atoms with Crippen molar-refractivity contribution in [1.82, 2.24) is 14.8 Å². The van der Waals surface area contributed by atoms with Crippen LogP contribution in [0.4, 0.5) is 0 Å². The minimum absolute atomic E-state index is 0.0447. The van der Waals surface area contributed by atoms with Crippen LogP contribution in [0.25, 0.3) is 0 Å². The number of carbonyl (C=O) groups excluding carboxylic acids is 1. The van der Waals surface area contributed by atoms with Gasteiger partial charge in [-0.2, -0.15) is 0 Å². The number of pyridine rings is 1. The van der Waals surface area contributed by atoms with Gasteiger partial charge in [0.25, 0.3) is 0 Å². The van der Waals surface area contributed by atoms with Gasteiger partial charge in [0, 0.05) is 39.1 Å². The van der Waals surface area contributed by atoms with E-state index in [0.29, 0.717) is 6.54 Å². The summed E-state index contributed by atoms with van der Waals surface area (Å²) in [5.41, 5.74) is 7.07. The molecule has 2 rings (SSSR count). The fourth-order valence-electron chi connectivity index (χ4n) is 2.77. The molecular formula is C14H22N4O. The van der Waals surface area contributed by atoms with E-state index in [9.17, 15) is 4.79 Å². The number of aromatic nitrogens is 1. The fraction of sp³-hybridized carbons (Fsp3) is 0.571. The van der Waals surface area contributed by atoms with E-state index in [-0.39, 0.29) is 18.0 Å². The van der Waals surface area contributed by atoms with Crippen molar-refractivity contribution < 1.29 is 4.79 Å². The summed E-state index contributed by atoms with van der Waals surface area (Å²) < 4.78 is 0. The van der Waals surface area contributed by atoms with Gasteiger partial charge in [0.1, 0.15) is 0 Å². The molecule has 5 heteroatoms. The van der Waals surface area contributed by atoms with Crippen LogP contribution in [0, 0.1) is 0 Å². The number of carbonyl (C=O) groups is 1. The van der Waals surface area contributed by atoms with Crippen LogP contribution in [-0.4, -0.2) is 53.9 Å². The van der Waals surface area contributed by atoms with E-state index in [0.717, 1.165) is 24.9 Å². The molecule has 0 radical (unpaired) electrons. The van der Waals surface area contributed by atoms with E-state index in [1.807, 2.05) is 26.2 Å². The van der Waals surface area contributed by atoms with Crippen molar-refractivity contribution in [2.24, 2.45) is 5.73 Å². The summed E-state index contributed by atoms with van der Waals surface area (Å²) in [6.07, 6.45) is 5.51. The monoisotopic (exact) mass is 262 g/mol. The Morgan fingerprint density at radius 3 is 2.79 bits per heavy atom. The van der Waals surface area contributed by atoms with Crippen molar-refractivity contribution in [3.8, 4) is 0 Å². The van der Waals surface area contributed by atoms with Gasteiger partial charge in [-0.3, -0.25) is 14.7 Å². The van der Waals surface area contributed by atoms with Crippen LogP contribution in [0.15, 0.2) is 24.5 Å². The maximum Gasteiger partial charge on any atom is 0.239 e.